The number of nitrogens with one attached hydrogen (secondary N) is 1. The molecule has 1 rings (SSSR count). The summed E-state index contributed by atoms with van der Waals surface area (Å²) in [6.07, 6.45) is 1.50. The van der Waals surface area contributed by atoms with Crippen molar-refractivity contribution in [2.75, 3.05) is 13.7 Å². The number of aromatic nitrogens is 1. The smallest absolute Gasteiger partial charge is 0.339 e. The maximum Gasteiger partial charge on any atom is 0.339 e. The van der Waals surface area contributed by atoms with Crippen LogP contribution in [0.4, 0.5) is 0 Å². The highest BCUT2D eigenvalue weighted by molar-refractivity contribution is 5.88. The number of nitrogens with zero attached hydrogens (tertiary/aromatic N) is 1. The van der Waals surface area contributed by atoms with E-state index in [1.807, 2.05) is 13.8 Å². The van der Waals surface area contributed by atoms with Crippen molar-refractivity contribution in [1.82, 2.24) is 10.3 Å². The van der Waals surface area contributed by atoms with Gasteiger partial charge < -0.3 is 15.2 Å². The number of pyridine rings is 1. The second kappa shape index (κ2) is 7.08. The predicted molar refractivity (Wildman–Crippen MR) is 68.1 cm³/mol. The number of hydrogen-bond donors (Lipinski definition) is 2. The Morgan fingerprint density at radius 2 is 2.22 bits per heavy atom. The molecule has 0 bridgehead atoms. The van der Waals surface area contributed by atoms with Gasteiger partial charge in [0.15, 0.2) is 0 Å². The third-order valence-electron chi connectivity index (χ3n) is 2.99. The third-order valence-corrected chi connectivity index (χ3v) is 2.99. The van der Waals surface area contributed by atoms with Gasteiger partial charge in [0.1, 0.15) is 0 Å². The van der Waals surface area contributed by atoms with Crippen LogP contribution in [0.3, 0.4) is 0 Å². The molecule has 0 spiro atoms. The van der Waals surface area contributed by atoms with E-state index in [4.69, 9.17) is 5.11 Å². The van der Waals surface area contributed by atoms with E-state index in [2.05, 4.69) is 15.0 Å². The molecule has 0 aliphatic heterocycles. The molecule has 18 heavy (non-hydrogen) atoms. The van der Waals surface area contributed by atoms with Crippen LogP contribution in [0.5, 0.6) is 0 Å². The highest BCUT2D eigenvalue weighted by Crippen LogP contribution is 2.04. The van der Waals surface area contributed by atoms with Crippen molar-refractivity contribution in [1.29, 1.82) is 0 Å². The normalized spacial score (nSPS) is 14.0. The standard InChI is InChI=1S/C13H20N2O3/c1-9(8-16)10(2)14-7-12-5-4-11(6-15-12)13(17)18-3/h4-6,9-10,14,16H,7-8H2,1-3H3. The van der Waals surface area contributed by atoms with Gasteiger partial charge >= 0.3 is 5.97 Å². The molecular formula is C13H20N2O3. The molecule has 1 heterocycles. The van der Waals surface area contributed by atoms with Crippen molar-refractivity contribution in [2.24, 2.45) is 5.92 Å². The van der Waals surface area contributed by atoms with Crippen LogP contribution in [0, 0.1) is 5.92 Å². The van der Waals surface area contributed by atoms with Crippen molar-refractivity contribution < 1.29 is 14.6 Å². The molecule has 1 aromatic heterocycles. The van der Waals surface area contributed by atoms with E-state index >= 15 is 0 Å². The number of aliphatic hydroxyl groups excluding tert-OH is 1. The molecule has 2 unspecified atom stereocenters. The average molecular weight is 252 g/mol. The third kappa shape index (κ3) is 4.09. The zero-order valence-electron chi connectivity index (χ0n) is 11.0. The topological polar surface area (TPSA) is 71.5 Å². The number of methoxy groups -OCH3 is 1. The molecular weight excluding hydrogens is 232 g/mol. The van der Waals surface area contributed by atoms with Gasteiger partial charge in [0.2, 0.25) is 0 Å². The van der Waals surface area contributed by atoms with Crippen molar-refractivity contribution in [2.45, 2.75) is 26.4 Å². The fraction of sp³-hybridized carbons (Fsp3) is 0.538. The summed E-state index contributed by atoms with van der Waals surface area (Å²) in [5, 5.41) is 12.3. The van der Waals surface area contributed by atoms with E-state index < -0.39 is 0 Å². The zero-order valence-corrected chi connectivity index (χ0v) is 11.0. The minimum Gasteiger partial charge on any atom is -0.465 e. The summed E-state index contributed by atoms with van der Waals surface area (Å²) in [5.41, 5.74) is 1.29. The van der Waals surface area contributed by atoms with E-state index in [0.29, 0.717) is 12.1 Å². The Morgan fingerprint density at radius 3 is 2.72 bits per heavy atom. The molecule has 2 atom stereocenters. The van der Waals surface area contributed by atoms with Crippen molar-refractivity contribution in [3.8, 4) is 0 Å². The van der Waals surface area contributed by atoms with Gasteiger partial charge in [-0.15, -0.1) is 0 Å². The molecule has 2 N–H and O–H groups in total. The maximum atomic E-state index is 11.2. The Morgan fingerprint density at radius 1 is 1.50 bits per heavy atom. The van der Waals surface area contributed by atoms with Crippen LogP contribution < -0.4 is 5.32 Å². The second-order valence-corrected chi connectivity index (χ2v) is 4.36. The highest BCUT2D eigenvalue weighted by Gasteiger charge is 2.11. The first-order valence-electron chi connectivity index (χ1n) is 5.96. The minimum absolute atomic E-state index is 0.156. The molecule has 0 saturated carbocycles. The summed E-state index contributed by atoms with van der Waals surface area (Å²) in [7, 11) is 1.34. The second-order valence-electron chi connectivity index (χ2n) is 4.36. The SMILES string of the molecule is COC(=O)c1ccc(CNC(C)C(C)CO)nc1. The van der Waals surface area contributed by atoms with Crippen LogP contribution in [0.1, 0.15) is 29.9 Å². The Kier molecular flexibility index (Phi) is 5.74. The number of carbonyl (C=O) groups excluding carboxylic acids is 1. The Labute approximate surface area is 107 Å². The van der Waals surface area contributed by atoms with Crippen LogP contribution in [0.2, 0.25) is 0 Å². The number of aliphatic hydroxyl groups is 1. The van der Waals surface area contributed by atoms with Crippen LogP contribution in [-0.4, -0.2) is 35.8 Å². The number of esters is 1. The lowest BCUT2D eigenvalue weighted by molar-refractivity contribution is 0.0600. The minimum atomic E-state index is -0.385. The molecule has 0 aliphatic carbocycles. The molecule has 5 heteroatoms. The largest absolute Gasteiger partial charge is 0.465 e. The summed E-state index contributed by atoms with van der Waals surface area (Å²) in [4.78, 5) is 15.4. The van der Waals surface area contributed by atoms with Gasteiger partial charge in [-0.1, -0.05) is 6.92 Å². The molecule has 0 fully saturated rings. The predicted octanol–water partition coefficient (Wildman–Crippen LogP) is 0.975. The molecule has 100 valence electrons. The van der Waals surface area contributed by atoms with Crippen LogP contribution >= 0.6 is 0 Å². The number of ether oxygens (including phenoxy) is 1. The fourth-order valence-corrected chi connectivity index (χ4v) is 1.39. The monoisotopic (exact) mass is 252 g/mol. The van der Waals surface area contributed by atoms with E-state index in [1.54, 1.807) is 12.1 Å². The first-order chi connectivity index (χ1) is 8.58. The lowest BCUT2D eigenvalue weighted by atomic mass is 10.1. The summed E-state index contributed by atoms with van der Waals surface area (Å²) in [6.45, 7) is 4.75. The van der Waals surface area contributed by atoms with Gasteiger partial charge in [0, 0.05) is 25.4 Å². The van der Waals surface area contributed by atoms with Crippen molar-refractivity contribution in [3.05, 3.63) is 29.6 Å². The molecule has 0 aliphatic rings. The summed E-state index contributed by atoms with van der Waals surface area (Å²) < 4.78 is 4.60. The van der Waals surface area contributed by atoms with Crippen LogP contribution in [-0.2, 0) is 11.3 Å². The van der Waals surface area contributed by atoms with E-state index in [-0.39, 0.29) is 24.5 Å². The molecule has 0 radical (unpaired) electrons. The Hall–Kier alpha value is -1.46. The highest BCUT2D eigenvalue weighted by atomic mass is 16.5. The van der Waals surface area contributed by atoms with Gasteiger partial charge in [-0.25, -0.2) is 4.79 Å². The fourth-order valence-electron chi connectivity index (χ4n) is 1.39. The quantitative estimate of drug-likeness (QED) is 0.738. The van der Waals surface area contributed by atoms with Gasteiger partial charge in [-0.3, -0.25) is 4.98 Å². The summed E-state index contributed by atoms with van der Waals surface area (Å²) in [6, 6.07) is 3.68. The number of rotatable bonds is 6. The average Bonchev–Trinajstić information content (AvgIpc) is 2.43. The maximum absolute atomic E-state index is 11.2. The zero-order chi connectivity index (χ0) is 13.5. The Bertz CT molecular complexity index is 378. The lowest BCUT2D eigenvalue weighted by Crippen LogP contribution is -2.33. The van der Waals surface area contributed by atoms with Gasteiger partial charge in [-0.2, -0.15) is 0 Å². The molecule has 0 saturated heterocycles. The Balaban J connectivity index is 2.51. The van der Waals surface area contributed by atoms with Gasteiger partial charge in [-0.05, 0) is 25.0 Å². The van der Waals surface area contributed by atoms with Crippen LogP contribution in [0.15, 0.2) is 18.3 Å². The summed E-state index contributed by atoms with van der Waals surface area (Å²) >= 11 is 0. The van der Waals surface area contributed by atoms with E-state index in [1.165, 1.54) is 13.3 Å². The molecule has 0 aromatic carbocycles. The van der Waals surface area contributed by atoms with Crippen molar-refractivity contribution in [3.63, 3.8) is 0 Å². The summed E-state index contributed by atoms with van der Waals surface area (Å²) in [5.74, 6) is -0.191. The lowest BCUT2D eigenvalue weighted by Gasteiger charge is -2.18. The molecule has 0 amide bonds. The number of hydrogen-bond acceptors (Lipinski definition) is 5. The van der Waals surface area contributed by atoms with Gasteiger partial charge in [0.25, 0.3) is 0 Å². The van der Waals surface area contributed by atoms with E-state index in [9.17, 15) is 4.79 Å². The van der Waals surface area contributed by atoms with Crippen molar-refractivity contribution >= 4 is 5.97 Å². The molecule has 1 aromatic rings. The van der Waals surface area contributed by atoms with Crippen LogP contribution in [0.25, 0.3) is 0 Å². The first-order valence-corrected chi connectivity index (χ1v) is 5.96. The first kappa shape index (κ1) is 14.6. The van der Waals surface area contributed by atoms with Gasteiger partial charge in [0.05, 0.1) is 18.4 Å². The molecule has 5 nitrogen and oxygen atoms in total. The number of carbonyl (C=O) groups is 1. The van der Waals surface area contributed by atoms with E-state index in [0.717, 1.165) is 5.69 Å².